The quantitative estimate of drug-likeness (QED) is 0.646. The van der Waals surface area contributed by atoms with E-state index >= 15 is 0 Å². The summed E-state index contributed by atoms with van der Waals surface area (Å²) in [6.07, 6.45) is 4.22. The van der Waals surface area contributed by atoms with Gasteiger partial charge in [0.25, 0.3) is 0 Å². The summed E-state index contributed by atoms with van der Waals surface area (Å²) >= 11 is 3.61. The van der Waals surface area contributed by atoms with E-state index in [-0.39, 0.29) is 0 Å². The third kappa shape index (κ3) is 2.17. The molecular formula is C9H12S2. The highest BCUT2D eigenvalue weighted by Crippen LogP contribution is 2.25. The van der Waals surface area contributed by atoms with Crippen molar-refractivity contribution >= 4 is 23.5 Å². The number of hydrogen-bond acceptors (Lipinski definition) is 2. The van der Waals surface area contributed by atoms with E-state index in [4.69, 9.17) is 0 Å². The molecule has 0 aliphatic heterocycles. The maximum absolute atomic E-state index is 2.24. The average Bonchev–Trinajstić information content (AvgIpc) is 2.05. The molecule has 0 amide bonds. The largest absolute Gasteiger partial charge is 0.130 e. The molecule has 2 heteroatoms. The standard InChI is InChI=1S/C9H12S2/c1-7-4-5-8(10-2)6-9(7)11-3/h4-6H,1-3H3. The topological polar surface area (TPSA) is 0 Å². The molecule has 0 spiro atoms. The Kier molecular flexibility index (Phi) is 3.34. The Morgan fingerprint density at radius 1 is 1.09 bits per heavy atom. The first-order chi connectivity index (χ1) is 5.27. The molecule has 0 saturated heterocycles. The van der Waals surface area contributed by atoms with Crippen LogP contribution in [0.15, 0.2) is 28.0 Å². The zero-order valence-corrected chi connectivity index (χ0v) is 8.68. The summed E-state index contributed by atoms with van der Waals surface area (Å²) in [5, 5.41) is 0. The van der Waals surface area contributed by atoms with Crippen LogP contribution in [0.25, 0.3) is 0 Å². The van der Waals surface area contributed by atoms with Crippen LogP contribution in [0.1, 0.15) is 5.56 Å². The maximum atomic E-state index is 2.24. The summed E-state index contributed by atoms with van der Waals surface area (Å²) < 4.78 is 0. The minimum absolute atomic E-state index is 1.35. The zero-order valence-electron chi connectivity index (χ0n) is 7.05. The van der Waals surface area contributed by atoms with Gasteiger partial charge in [0.05, 0.1) is 0 Å². The summed E-state index contributed by atoms with van der Waals surface area (Å²) in [6, 6.07) is 6.59. The molecule has 0 atom stereocenters. The average molecular weight is 184 g/mol. The first-order valence-corrected chi connectivity index (χ1v) is 5.91. The van der Waals surface area contributed by atoms with Gasteiger partial charge in [-0.3, -0.25) is 0 Å². The number of benzene rings is 1. The predicted molar refractivity (Wildman–Crippen MR) is 54.7 cm³/mol. The molecular weight excluding hydrogens is 172 g/mol. The fraction of sp³-hybridized carbons (Fsp3) is 0.333. The molecule has 0 saturated carbocycles. The van der Waals surface area contributed by atoms with Gasteiger partial charge in [0, 0.05) is 9.79 Å². The second-order valence-corrected chi connectivity index (χ2v) is 4.06. The fourth-order valence-electron chi connectivity index (χ4n) is 0.927. The Bertz CT molecular complexity index is 243. The highest BCUT2D eigenvalue weighted by Gasteiger charge is 1.96. The number of rotatable bonds is 2. The van der Waals surface area contributed by atoms with Crippen molar-refractivity contribution < 1.29 is 0 Å². The van der Waals surface area contributed by atoms with Gasteiger partial charge in [0.1, 0.15) is 0 Å². The minimum atomic E-state index is 1.35. The highest BCUT2D eigenvalue weighted by molar-refractivity contribution is 7.99. The first kappa shape index (κ1) is 9.01. The Morgan fingerprint density at radius 2 is 1.82 bits per heavy atom. The number of thioether (sulfide) groups is 2. The van der Waals surface area contributed by atoms with E-state index < -0.39 is 0 Å². The van der Waals surface area contributed by atoms with Crippen molar-refractivity contribution in [3.05, 3.63) is 23.8 Å². The summed E-state index contributed by atoms with van der Waals surface area (Å²) in [4.78, 5) is 2.73. The molecule has 0 nitrogen and oxygen atoms in total. The third-order valence-electron chi connectivity index (χ3n) is 1.62. The molecule has 0 aliphatic rings. The minimum Gasteiger partial charge on any atom is -0.130 e. The smallest absolute Gasteiger partial charge is 0.0109 e. The van der Waals surface area contributed by atoms with Gasteiger partial charge in [0.2, 0.25) is 0 Å². The van der Waals surface area contributed by atoms with Gasteiger partial charge < -0.3 is 0 Å². The van der Waals surface area contributed by atoms with Crippen molar-refractivity contribution in [2.45, 2.75) is 16.7 Å². The molecule has 1 aromatic carbocycles. The Labute approximate surface area is 76.8 Å². The van der Waals surface area contributed by atoms with Gasteiger partial charge in [-0.25, -0.2) is 0 Å². The molecule has 0 radical (unpaired) electrons. The van der Waals surface area contributed by atoms with Crippen LogP contribution in [0.4, 0.5) is 0 Å². The van der Waals surface area contributed by atoms with Crippen molar-refractivity contribution in [1.82, 2.24) is 0 Å². The molecule has 0 N–H and O–H groups in total. The van der Waals surface area contributed by atoms with Crippen LogP contribution in [0.3, 0.4) is 0 Å². The maximum Gasteiger partial charge on any atom is 0.0109 e. The van der Waals surface area contributed by atoms with Crippen molar-refractivity contribution in [3.8, 4) is 0 Å². The molecule has 0 fully saturated rings. The van der Waals surface area contributed by atoms with Gasteiger partial charge in [0.15, 0.2) is 0 Å². The molecule has 0 aliphatic carbocycles. The van der Waals surface area contributed by atoms with Crippen molar-refractivity contribution in [2.24, 2.45) is 0 Å². The van der Waals surface area contributed by atoms with Crippen LogP contribution >= 0.6 is 23.5 Å². The van der Waals surface area contributed by atoms with E-state index in [0.29, 0.717) is 0 Å². The van der Waals surface area contributed by atoms with Crippen LogP contribution in [0.5, 0.6) is 0 Å². The van der Waals surface area contributed by atoms with E-state index in [1.165, 1.54) is 15.4 Å². The monoisotopic (exact) mass is 184 g/mol. The molecule has 0 aromatic heterocycles. The normalized spacial score (nSPS) is 10.1. The van der Waals surface area contributed by atoms with E-state index in [1.807, 2.05) is 11.8 Å². The molecule has 11 heavy (non-hydrogen) atoms. The number of aryl methyl sites for hydroxylation is 1. The van der Waals surface area contributed by atoms with Crippen LogP contribution < -0.4 is 0 Å². The lowest BCUT2D eigenvalue weighted by Gasteiger charge is -2.03. The lowest BCUT2D eigenvalue weighted by atomic mass is 10.2. The molecule has 0 bridgehead atoms. The summed E-state index contributed by atoms with van der Waals surface area (Å²) in [5.41, 5.74) is 1.37. The summed E-state index contributed by atoms with van der Waals surface area (Å²) in [6.45, 7) is 2.15. The Hall–Kier alpha value is -0.0800. The van der Waals surface area contributed by atoms with Crippen LogP contribution in [-0.2, 0) is 0 Å². The predicted octanol–water partition coefficient (Wildman–Crippen LogP) is 3.44. The second-order valence-electron chi connectivity index (χ2n) is 2.34. The molecule has 0 unspecified atom stereocenters. The molecule has 0 heterocycles. The van der Waals surface area contributed by atoms with E-state index in [0.717, 1.165) is 0 Å². The Morgan fingerprint density at radius 3 is 2.36 bits per heavy atom. The molecule has 1 rings (SSSR count). The van der Waals surface area contributed by atoms with Crippen molar-refractivity contribution in [3.63, 3.8) is 0 Å². The highest BCUT2D eigenvalue weighted by atomic mass is 32.2. The SMILES string of the molecule is CSc1ccc(C)c(SC)c1. The molecule has 1 aromatic rings. The van der Waals surface area contributed by atoms with E-state index in [1.54, 1.807) is 11.8 Å². The lowest BCUT2D eigenvalue weighted by molar-refractivity contribution is 1.24. The molecule has 60 valence electrons. The van der Waals surface area contributed by atoms with E-state index in [2.05, 4.69) is 37.6 Å². The fourth-order valence-corrected chi connectivity index (χ4v) is 2.08. The van der Waals surface area contributed by atoms with Crippen LogP contribution in [0.2, 0.25) is 0 Å². The number of hydrogen-bond donors (Lipinski definition) is 0. The zero-order chi connectivity index (χ0) is 8.27. The van der Waals surface area contributed by atoms with Gasteiger partial charge in [-0.05, 0) is 37.1 Å². The first-order valence-electron chi connectivity index (χ1n) is 3.46. The lowest BCUT2D eigenvalue weighted by Crippen LogP contribution is -1.78. The summed E-state index contributed by atoms with van der Waals surface area (Å²) in [5.74, 6) is 0. The second kappa shape index (κ2) is 4.07. The summed E-state index contributed by atoms with van der Waals surface area (Å²) in [7, 11) is 0. The van der Waals surface area contributed by atoms with Gasteiger partial charge in [-0.15, -0.1) is 23.5 Å². The van der Waals surface area contributed by atoms with Gasteiger partial charge in [-0.2, -0.15) is 0 Å². The van der Waals surface area contributed by atoms with Gasteiger partial charge in [-0.1, -0.05) is 6.07 Å². The van der Waals surface area contributed by atoms with Gasteiger partial charge >= 0.3 is 0 Å². The Balaban J connectivity index is 3.02. The van der Waals surface area contributed by atoms with Crippen molar-refractivity contribution in [2.75, 3.05) is 12.5 Å². The van der Waals surface area contributed by atoms with Crippen LogP contribution in [0, 0.1) is 6.92 Å². The van der Waals surface area contributed by atoms with Crippen LogP contribution in [-0.4, -0.2) is 12.5 Å². The van der Waals surface area contributed by atoms with E-state index in [9.17, 15) is 0 Å². The van der Waals surface area contributed by atoms with Crippen molar-refractivity contribution in [1.29, 1.82) is 0 Å². The third-order valence-corrected chi connectivity index (χ3v) is 3.22.